The standard InChI is InChI=1S/C15H15N2S.ClH3O4/c1-16(2)11-17-12-7-3-5-9-14(12)18-15-10-6-4-8-13(15)17;2-1(3,4)5/h3-11H,1-2H3;2-4H/q+1;. The number of hydrogen-bond acceptors (Lipinski definition) is 5. The zero-order valence-electron chi connectivity index (χ0n) is 12.6. The van der Waals surface area contributed by atoms with Crippen LogP contribution in [-0.4, -0.2) is 39.0 Å². The average molecular weight is 358 g/mol. The molecular formula is C15H18ClN2O4S+. The second-order valence-corrected chi connectivity index (χ2v) is 6.87. The Morgan fingerprint density at radius 1 is 0.957 bits per heavy atom. The Balaban J connectivity index is 0.000000338. The summed E-state index contributed by atoms with van der Waals surface area (Å²) in [6.07, 6.45) is 2.12. The van der Waals surface area contributed by atoms with Crippen molar-refractivity contribution >= 4 is 29.5 Å². The molecule has 0 unspecified atom stereocenters. The van der Waals surface area contributed by atoms with Crippen LogP contribution < -0.4 is 9.56 Å². The molecule has 0 saturated heterocycles. The molecule has 0 saturated carbocycles. The monoisotopic (exact) mass is 357 g/mol. The zero-order chi connectivity index (χ0) is 17.0. The van der Waals surface area contributed by atoms with Crippen LogP contribution in [0.5, 0.6) is 0 Å². The van der Waals surface area contributed by atoms with Gasteiger partial charge in [0.15, 0.2) is 0 Å². The minimum atomic E-state index is -4.19. The van der Waals surface area contributed by atoms with Crippen LogP contribution in [0.25, 0.3) is 0 Å². The van der Waals surface area contributed by atoms with Crippen LogP contribution in [0, 0.1) is 10.2 Å². The predicted octanol–water partition coefficient (Wildman–Crippen LogP) is 0.730. The molecule has 0 amide bonds. The van der Waals surface area contributed by atoms with Crippen molar-refractivity contribution in [3.8, 4) is 0 Å². The molecule has 0 spiro atoms. The second kappa shape index (κ2) is 7.31. The summed E-state index contributed by atoms with van der Waals surface area (Å²) in [6.45, 7) is 0. The van der Waals surface area contributed by atoms with Crippen molar-refractivity contribution in [2.75, 3.05) is 19.0 Å². The SMILES string of the molecule is C[N+](C)=CN1c2ccccc2Sc2ccccc21.[O-][Cl+](O)(O)O. The van der Waals surface area contributed by atoms with Crippen molar-refractivity contribution in [1.29, 1.82) is 0 Å². The first-order chi connectivity index (χ1) is 10.8. The summed E-state index contributed by atoms with van der Waals surface area (Å²) in [5, 5.41) is 0. The van der Waals surface area contributed by atoms with Crippen LogP contribution in [0.3, 0.4) is 0 Å². The van der Waals surface area contributed by atoms with Crippen LogP contribution in [-0.2, 0) is 0 Å². The molecule has 0 fully saturated rings. The average Bonchev–Trinajstić information content (AvgIpc) is 2.45. The molecular weight excluding hydrogens is 340 g/mol. The summed E-state index contributed by atoms with van der Waals surface area (Å²) in [4.78, 5) is 4.85. The van der Waals surface area contributed by atoms with E-state index in [1.54, 1.807) is 0 Å². The Morgan fingerprint density at radius 3 is 1.74 bits per heavy atom. The normalized spacial score (nSPS) is 13.2. The van der Waals surface area contributed by atoms with Crippen LogP contribution in [0.15, 0.2) is 58.3 Å². The van der Waals surface area contributed by atoms with Crippen LogP contribution in [0.1, 0.15) is 0 Å². The Morgan fingerprint density at radius 2 is 1.35 bits per heavy atom. The fraction of sp³-hybridized carbons (Fsp3) is 0.133. The number of benzene rings is 2. The summed E-state index contributed by atoms with van der Waals surface area (Å²) in [7, 11) is -0.0973. The Bertz CT molecular complexity index is 663. The van der Waals surface area contributed by atoms with E-state index in [2.05, 4.69) is 64.3 Å². The molecule has 2 aromatic carbocycles. The molecule has 1 aliphatic rings. The van der Waals surface area contributed by atoms with Crippen molar-refractivity contribution in [2.24, 2.45) is 0 Å². The van der Waals surface area contributed by atoms with E-state index in [1.165, 1.54) is 21.2 Å². The third kappa shape index (κ3) is 5.21. The van der Waals surface area contributed by atoms with Gasteiger partial charge in [-0.3, -0.25) is 4.58 Å². The van der Waals surface area contributed by atoms with Gasteiger partial charge in [0, 0.05) is 0 Å². The second-order valence-electron chi connectivity index (χ2n) is 4.92. The van der Waals surface area contributed by atoms with Crippen molar-refractivity contribution in [3.63, 3.8) is 0 Å². The number of anilines is 2. The van der Waals surface area contributed by atoms with Gasteiger partial charge in [0.05, 0.1) is 23.9 Å². The van der Waals surface area contributed by atoms with Gasteiger partial charge in [-0.2, -0.15) is 4.90 Å². The number of rotatable bonds is 1. The molecule has 0 radical (unpaired) electrons. The van der Waals surface area contributed by atoms with Gasteiger partial charge in [0.25, 0.3) is 0 Å². The first-order valence-corrected chi connectivity index (χ1v) is 8.72. The van der Waals surface area contributed by atoms with Crippen LogP contribution in [0.2, 0.25) is 0 Å². The molecule has 6 nitrogen and oxygen atoms in total. The Labute approximate surface area is 140 Å². The van der Waals surface area contributed by atoms with E-state index < -0.39 is 10.2 Å². The Kier molecular flexibility index (Phi) is 5.64. The maximum atomic E-state index is 8.83. The molecule has 0 aliphatic carbocycles. The van der Waals surface area contributed by atoms with Crippen molar-refractivity contribution < 1.29 is 33.5 Å². The number of para-hydroxylation sites is 2. The summed E-state index contributed by atoms with van der Waals surface area (Å²) in [6, 6.07) is 17.0. The van der Waals surface area contributed by atoms with Crippen molar-refractivity contribution in [2.45, 2.75) is 9.79 Å². The van der Waals surface area contributed by atoms with Gasteiger partial charge in [-0.15, -0.1) is 0 Å². The molecule has 0 aromatic heterocycles. The first kappa shape index (κ1) is 17.7. The molecule has 1 heterocycles. The molecule has 8 heteroatoms. The van der Waals surface area contributed by atoms with Crippen LogP contribution >= 0.6 is 11.8 Å². The molecule has 3 rings (SSSR count). The van der Waals surface area contributed by atoms with Gasteiger partial charge < -0.3 is 0 Å². The summed E-state index contributed by atoms with van der Waals surface area (Å²) in [5.74, 6) is 0. The van der Waals surface area contributed by atoms with E-state index in [-0.39, 0.29) is 0 Å². The third-order valence-corrected chi connectivity index (χ3v) is 3.95. The molecule has 0 atom stereocenters. The minimum absolute atomic E-state index is 1.25. The zero-order valence-corrected chi connectivity index (χ0v) is 14.2. The van der Waals surface area contributed by atoms with E-state index in [0.29, 0.717) is 0 Å². The molecule has 0 bridgehead atoms. The quantitative estimate of drug-likeness (QED) is 0.396. The summed E-state index contributed by atoms with van der Waals surface area (Å²) in [5.41, 5.74) is 2.49. The van der Waals surface area contributed by atoms with Gasteiger partial charge in [0.2, 0.25) is 6.34 Å². The molecule has 2 aromatic rings. The number of fused-ring (bicyclic) bond motifs is 2. The van der Waals surface area contributed by atoms with E-state index in [1.807, 2.05) is 25.9 Å². The number of halogens is 1. The van der Waals surface area contributed by atoms with Crippen molar-refractivity contribution in [3.05, 3.63) is 48.5 Å². The van der Waals surface area contributed by atoms with E-state index in [0.717, 1.165) is 0 Å². The molecule has 3 N–H and O–H groups in total. The van der Waals surface area contributed by atoms with Crippen molar-refractivity contribution in [1.82, 2.24) is 0 Å². The number of nitrogens with zero attached hydrogens (tertiary/aromatic N) is 2. The number of hydrogen-bond donors (Lipinski definition) is 3. The molecule has 124 valence electrons. The van der Waals surface area contributed by atoms with Gasteiger partial charge in [-0.1, -0.05) is 36.0 Å². The summed E-state index contributed by atoms with van der Waals surface area (Å²) < 4.78 is 32.3. The van der Waals surface area contributed by atoms with Gasteiger partial charge >= 0.3 is 28.9 Å². The summed E-state index contributed by atoms with van der Waals surface area (Å²) >= 11 is 1.83. The van der Waals surface area contributed by atoms with E-state index in [4.69, 9.17) is 18.6 Å². The topological polar surface area (TPSA) is 90.0 Å². The van der Waals surface area contributed by atoms with Gasteiger partial charge in [0.1, 0.15) is 11.4 Å². The fourth-order valence-electron chi connectivity index (χ4n) is 2.09. The van der Waals surface area contributed by atoms with Crippen LogP contribution in [0.4, 0.5) is 11.4 Å². The van der Waals surface area contributed by atoms with Gasteiger partial charge in [-0.05, 0) is 24.3 Å². The first-order valence-electron chi connectivity index (χ1n) is 6.58. The fourth-order valence-corrected chi connectivity index (χ4v) is 3.16. The molecule has 23 heavy (non-hydrogen) atoms. The van der Waals surface area contributed by atoms with Gasteiger partial charge in [-0.25, -0.2) is 0 Å². The van der Waals surface area contributed by atoms with E-state index in [9.17, 15) is 0 Å². The third-order valence-electron chi connectivity index (χ3n) is 2.82. The Hall–Kier alpha value is -1.61. The van der Waals surface area contributed by atoms with E-state index >= 15 is 0 Å². The maximum absolute atomic E-state index is 8.83. The predicted molar refractivity (Wildman–Crippen MR) is 84.0 cm³/mol. The molecule has 1 aliphatic heterocycles.